The number of H-pyrrole nitrogens is 1. The number of aromatic nitrogens is 1. The number of methoxy groups -OCH3 is 1. The molecule has 1 aromatic heterocycles. The molecule has 3 heterocycles. The first-order chi connectivity index (χ1) is 18.5. The number of aromatic amines is 1. The highest BCUT2D eigenvalue weighted by Gasteiger charge is 2.42. The summed E-state index contributed by atoms with van der Waals surface area (Å²) in [6.07, 6.45) is 0.688. The fourth-order valence-electron chi connectivity index (χ4n) is 5.19. The van der Waals surface area contributed by atoms with Gasteiger partial charge in [0.15, 0.2) is 0 Å². The molecule has 0 spiro atoms. The summed E-state index contributed by atoms with van der Waals surface area (Å²) < 4.78 is 11.5. The molecule has 2 aliphatic rings. The molecule has 0 bridgehead atoms. The van der Waals surface area contributed by atoms with Crippen LogP contribution in [0.4, 0.5) is 0 Å². The van der Waals surface area contributed by atoms with Gasteiger partial charge < -0.3 is 30.0 Å². The van der Waals surface area contributed by atoms with Gasteiger partial charge in [0.25, 0.3) is 5.91 Å². The quantitative estimate of drug-likeness (QED) is 0.421. The van der Waals surface area contributed by atoms with Crippen LogP contribution >= 0.6 is 0 Å². The third-order valence-electron chi connectivity index (χ3n) is 7.10. The van der Waals surface area contributed by atoms with Crippen molar-refractivity contribution in [1.29, 1.82) is 5.26 Å². The van der Waals surface area contributed by atoms with Gasteiger partial charge in [0.05, 0.1) is 19.7 Å². The zero-order chi connectivity index (χ0) is 26.6. The molecule has 10 nitrogen and oxygen atoms in total. The smallest absolute Gasteiger partial charge is 0.271 e. The normalized spacial score (nSPS) is 21.5. The second kappa shape index (κ2) is 10.8. The van der Waals surface area contributed by atoms with Crippen LogP contribution in [0.15, 0.2) is 54.6 Å². The second-order valence-electron chi connectivity index (χ2n) is 9.57. The summed E-state index contributed by atoms with van der Waals surface area (Å²) in [6.45, 7) is 0.759. The molecule has 0 saturated carbocycles. The molecule has 10 heteroatoms. The number of hydrogen-bond donors (Lipinski definition) is 3. The Kier molecular flexibility index (Phi) is 7.18. The topological polar surface area (TPSA) is 137 Å². The molecule has 0 aliphatic carbocycles. The summed E-state index contributed by atoms with van der Waals surface area (Å²) in [5.41, 5.74) is 1.06. The number of likely N-dealkylation sites (tertiary alicyclic amines) is 1. The molecule has 196 valence electrons. The molecule has 4 atom stereocenters. The fourth-order valence-corrected chi connectivity index (χ4v) is 5.19. The second-order valence-corrected chi connectivity index (χ2v) is 9.57. The number of ether oxygens (including phenoxy) is 2. The van der Waals surface area contributed by atoms with Crippen LogP contribution in [0, 0.1) is 17.2 Å². The van der Waals surface area contributed by atoms with Crippen molar-refractivity contribution in [3.8, 4) is 17.6 Å². The summed E-state index contributed by atoms with van der Waals surface area (Å²) in [5.74, 6) is 0.0388. The van der Waals surface area contributed by atoms with Gasteiger partial charge >= 0.3 is 0 Å². The Labute approximate surface area is 219 Å². The van der Waals surface area contributed by atoms with Crippen LogP contribution < -0.4 is 20.1 Å². The first kappa shape index (κ1) is 25.1. The number of fused-ring (bicyclic) bond motifs is 1. The van der Waals surface area contributed by atoms with E-state index in [2.05, 4.69) is 21.7 Å². The van der Waals surface area contributed by atoms with E-state index in [0.29, 0.717) is 30.2 Å². The molecule has 3 N–H and O–H groups in total. The lowest BCUT2D eigenvalue weighted by Crippen LogP contribution is -2.49. The van der Waals surface area contributed by atoms with Crippen LogP contribution in [0.2, 0.25) is 0 Å². The summed E-state index contributed by atoms with van der Waals surface area (Å²) in [5, 5.41) is 15.9. The molecule has 2 saturated heterocycles. The molecule has 5 rings (SSSR count). The van der Waals surface area contributed by atoms with Crippen molar-refractivity contribution in [2.75, 3.05) is 20.2 Å². The van der Waals surface area contributed by atoms with Crippen molar-refractivity contribution in [3.05, 3.63) is 60.3 Å². The van der Waals surface area contributed by atoms with E-state index >= 15 is 0 Å². The minimum atomic E-state index is -0.849. The third-order valence-corrected chi connectivity index (χ3v) is 7.10. The molecule has 4 unspecified atom stereocenters. The van der Waals surface area contributed by atoms with Crippen LogP contribution in [0.3, 0.4) is 0 Å². The van der Waals surface area contributed by atoms with Gasteiger partial charge in [-0.05, 0) is 43.2 Å². The van der Waals surface area contributed by atoms with E-state index in [4.69, 9.17) is 9.47 Å². The Morgan fingerprint density at radius 3 is 2.74 bits per heavy atom. The molecule has 3 amide bonds. The van der Waals surface area contributed by atoms with Crippen LogP contribution in [0.5, 0.6) is 11.5 Å². The van der Waals surface area contributed by atoms with E-state index in [0.717, 1.165) is 10.9 Å². The van der Waals surface area contributed by atoms with Gasteiger partial charge in [0.2, 0.25) is 11.8 Å². The Morgan fingerprint density at radius 2 is 2.03 bits per heavy atom. The molecule has 2 fully saturated rings. The van der Waals surface area contributed by atoms with Gasteiger partial charge in [-0.2, -0.15) is 5.26 Å². The number of hydrogen-bond acceptors (Lipinski definition) is 6. The average Bonchev–Trinajstić information content (AvgIpc) is 3.66. The number of amides is 3. The maximum Gasteiger partial charge on any atom is 0.271 e. The lowest BCUT2D eigenvalue weighted by Gasteiger charge is -2.24. The number of carbonyl (C=O) groups excluding carboxylic acids is 3. The lowest BCUT2D eigenvalue weighted by molar-refractivity contribution is -0.126. The Morgan fingerprint density at radius 1 is 1.21 bits per heavy atom. The van der Waals surface area contributed by atoms with E-state index in [1.165, 1.54) is 4.90 Å². The van der Waals surface area contributed by atoms with Crippen molar-refractivity contribution in [3.63, 3.8) is 0 Å². The minimum absolute atomic E-state index is 0.109. The van der Waals surface area contributed by atoms with E-state index in [-0.39, 0.29) is 37.1 Å². The zero-order valence-corrected chi connectivity index (χ0v) is 21.0. The van der Waals surface area contributed by atoms with Crippen molar-refractivity contribution in [2.24, 2.45) is 5.92 Å². The van der Waals surface area contributed by atoms with E-state index in [1.54, 1.807) is 13.2 Å². The highest BCUT2D eigenvalue weighted by molar-refractivity contribution is 6.01. The number of para-hydroxylation sites is 1. The molecule has 2 aromatic carbocycles. The maximum absolute atomic E-state index is 13.7. The van der Waals surface area contributed by atoms with E-state index in [1.807, 2.05) is 48.5 Å². The van der Waals surface area contributed by atoms with Gasteiger partial charge in [-0.15, -0.1) is 0 Å². The Hall–Kier alpha value is -4.52. The minimum Gasteiger partial charge on any atom is -0.496 e. The largest absolute Gasteiger partial charge is 0.496 e. The van der Waals surface area contributed by atoms with Gasteiger partial charge in [0, 0.05) is 29.8 Å². The predicted molar refractivity (Wildman–Crippen MR) is 138 cm³/mol. The maximum atomic E-state index is 13.7. The Bertz CT molecular complexity index is 1380. The third kappa shape index (κ3) is 5.13. The highest BCUT2D eigenvalue weighted by atomic mass is 16.5. The first-order valence-electron chi connectivity index (χ1n) is 12.6. The van der Waals surface area contributed by atoms with Crippen LogP contribution in [-0.2, 0) is 9.59 Å². The number of nitrogens with one attached hydrogen (secondary N) is 3. The number of rotatable bonds is 8. The molecule has 0 radical (unpaired) electrons. The summed E-state index contributed by atoms with van der Waals surface area (Å²) >= 11 is 0. The monoisotopic (exact) mass is 515 g/mol. The van der Waals surface area contributed by atoms with Gasteiger partial charge in [-0.1, -0.05) is 24.3 Å². The van der Waals surface area contributed by atoms with Crippen molar-refractivity contribution < 1.29 is 23.9 Å². The van der Waals surface area contributed by atoms with Gasteiger partial charge in [-0.3, -0.25) is 14.4 Å². The standard InChI is InChI=1S/C28H29N5O5/c1-37-25-9-5-8-22-21(25)14-23(32-22)28(36)33-16-20(38-19-6-3-2-4-7-19)13-24(33)27(35)31-18(15-29)12-17-10-11-30-26(17)34/h2-9,14,17-18,20,24,32H,10-13,16H2,1H3,(H,30,34)(H,31,35). The molecular formula is C28H29N5O5. The number of nitriles is 1. The summed E-state index contributed by atoms with van der Waals surface area (Å²) in [4.78, 5) is 43.8. The van der Waals surface area contributed by atoms with Crippen molar-refractivity contribution in [2.45, 2.75) is 37.5 Å². The van der Waals surface area contributed by atoms with Crippen LogP contribution in [-0.4, -0.2) is 66.0 Å². The van der Waals surface area contributed by atoms with E-state index in [9.17, 15) is 19.6 Å². The molecular weight excluding hydrogens is 486 g/mol. The molecule has 3 aromatic rings. The number of nitrogens with zero attached hydrogens (tertiary/aromatic N) is 2. The summed E-state index contributed by atoms with van der Waals surface area (Å²) in [7, 11) is 1.57. The molecule has 2 aliphatic heterocycles. The average molecular weight is 516 g/mol. The van der Waals surface area contributed by atoms with Gasteiger partial charge in [-0.25, -0.2) is 0 Å². The van der Waals surface area contributed by atoms with E-state index < -0.39 is 24.1 Å². The van der Waals surface area contributed by atoms with Crippen molar-refractivity contribution >= 4 is 28.6 Å². The zero-order valence-electron chi connectivity index (χ0n) is 21.0. The summed E-state index contributed by atoms with van der Waals surface area (Å²) in [6, 6.07) is 16.8. The predicted octanol–water partition coefficient (Wildman–Crippen LogP) is 2.37. The van der Waals surface area contributed by atoms with Crippen LogP contribution in [0.25, 0.3) is 10.9 Å². The number of carbonyl (C=O) groups is 3. The van der Waals surface area contributed by atoms with Gasteiger partial charge in [0.1, 0.15) is 35.4 Å². The van der Waals surface area contributed by atoms with Crippen molar-refractivity contribution in [1.82, 2.24) is 20.5 Å². The molecule has 38 heavy (non-hydrogen) atoms. The Balaban J connectivity index is 1.37. The fraction of sp³-hybridized carbons (Fsp3) is 0.357. The van der Waals surface area contributed by atoms with Crippen LogP contribution in [0.1, 0.15) is 29.8 Å². The lowest BCUT2D eigenvalue weighted by atomic mass is 9.98. The SMILES string of the molecule is COc1cccc2[nH]c(C(=O)N3CC(Oc4ccccc4)CC3C(=O)NC(C#N)CC3CCNC3=O)cc12. The first-order valence-corrected chi connectivity index (χ1v) is 12.6. The highest BCUT2D eigenvalue weighted by Crippen LogP contribution is 2.29. The number of benzene rings is 2.